The molecule has 0 aliphatic carbocycles. The van der Waals surface area contributed by atoms with Crippen LogP contribution in [0.15, 0.2) is 36.5 Å². The fourth-order valence-electron chi connectivity index (χ4n) is 3.47. The first-order valence-electron chi connectivity index (χ1n) is 9.06. The van der Waals surface area contributed by atoms with Crippen LogP contribution in [0.2, 0.25) is 0 Å². The lowest BCUT2D eigenvalue weighted by molar-refractivity contribution is 0.102. The lowest BCUT2D eigenvalue weighted by Crippen LogP contribution is -2.18. The highest BCUT2D eigenvalue weighted by Crippen LogP contribution is 2.20. The molecule has 0 saturated carbocycles. The summed E-state index contributed by atoms with van der Waals surface area (Å²) >= 11 is 0. The van der Waals surface area contributed by atoms with Gasteiger partial charge in [0.1, 0.15) is 11.6 Å². The van der Waals surface area contributed by atoms with E-state index >= 15 is 0 Å². The smallest absolute Gasteiger partial charge is 0.256 e. The van der Waals surface area contributed by atoms with Crippen molar-refractivity contribution in [1.82, 2.24) is 19.3 Å². The van der Waals surface area contributed by atoms with Gasteiger partial charge in [-0.3, -0.25) is 9.48 Å². The summed E-state index contributed by atoms with van der Waals surface area (Å²) < 4.78 is 4.08. The van der Waals surface area contributed by atoms with Crippen molar-refractivity contribution in [1.29, 1.82) is 0 Å². The van der Waals surface area contributed by atoms with Crippen molar-refractivity contribution in [2.24, 2.45) is 0 Å². The summed E-state index contributed by atoms with van der Waals surface area (Å²) in [5.74, 6) is 1.75. The van der Waals surface area contributed by atoms with Crippen molar-refractivity contribution in [3.63, 3.8) is 0 Å². The Morgan fingerprint density at radius 3 is 2.73 bits per heavy atom. The number of nitrogens with one attached hydrogen (secondary N) is 1. The average molecular weight is 349 g/mol. The zero-order valence-electron chi connectivity index (χ0n) is 15.2. The summed E-state index contributed by atoms with van der Waals surface area (Å²) in [7, 11) is 0. The van der Waals surface area contributed by atoms with Gasteiger partial charge in [0.15, 0.2) is 0 Å². The van der Waals surface area contributed by atoms with E-state index in [2.05, 4.69) is 26.0 Å². The van der Waals surface area contributed by atoms with Crippen LogP contribution in [0, 0.1) is 13.8 Å². The van der Waals surface area contributed by atoms with Crippen LogP contribution in [0.25, 0.3) is 0 Å². The van der Waals surface area contributed by atoms with E-state index in [1.165, 1.54) is 6.42 Å². The van der Waals surface area contributed by atoms with Crippen LogP contribution in [0.1, 0.15) is 46.0 Å². The Hall–Kier alpha value is -2.89. The number of aryl methyl sites for hydroxylation is 3. The zero-order chi connectivity index (χ0) is 18.1. The molecule has 134 valence electrons. The number of rotatable bonds is 4. The molecule has 0 unspecified atom stereocenters. The van der Waals surface area contributed by atoms with Crippen LogP contribution in [0.5, 0.6) is 0 Å². The summed E-state index contributed by atoms with van der Waals surface area (Å²) in [5, 5.41) is 7.47. The minimum Gasteiger partial charge on any atom is -0.315 e. The fourth-order valence-corrected chi connectivity index (χ4v) is 3.47. The number of nitrogens with zero attached hydrogens (tertiary/aromatic N) is 4. The lowest BCUT2D eigenvalue weighted by atomic mass is 10.1. The molecule has 3 heterocycles. The summed E-state index contributed by atoms with van der Waals surface area (Å²) in [6, 6.07) is 9.76. The second-order valence-corrected chi connectivity index (χ2v) is 6.90. The second kappa shape index (κ2) is 6.78. The molecule has 0 bridgehead atoms. The van der Waals surface area contributed by atoms with Gasteiger partial charge in [0.05, 0.1) is 18.4 Å². The van der Waals surface area contributed by atoms with Crippen LogP contribution in [0.4, 0.5) is 5.82 Å². The Labute approximate surface area is 152 Å². The first kappa shape index (κ1) is 16.6. The molecule has 0 radical (unpaired) electrons. The molecule has 1 N–H and O–H groups in total. The molecule has 2 aromatic heterocycles. The van der Waals surface area contributed by atoms with E-state index in [1.54, 1.807) is 6.20 Å². The Balaban J connectivity index is 1.45. The number of aromatic nitrogens is 4. The molecule has 1 aliphatic rings. The van der Waals surface area contributed by atoms with Gasteiger partial charge in [-0.05, 0) is 50.5 Å². The largest absolute Gasteiger partial charge is 0.315 e. The molecular weight excluding hydrogens is 326 g/mol. The van der Waals surface area contributed by atoms with Crippen molar-refractivity contribution in [3.8, 4) is 0 Å². The number of carbonyl (C=O) groups is 1. The van der Waals surface area contributed by atoms with Gasteiger partial charge in [-0.1, -0.05) is 12.1 Å². The van der Waals surface area contributed by atoms with E-state index in [0.717, 1.165) is 48.0 Å². The molecule has 0 spiro atoms. The van der Waals surface area contributed by atoms with Gasteiger partial charge in [-0.15, -0.1) is 0 Å². The number of imidazole rings is 1. The highest BCUT2D eigenvalue weighted by molar-refractivity contribution is 6.03. The van der Waals surface area contributed by atoms with E-state index in [9.17, 15) is 4.79 Å². The summed E-state index contributed by atoms with van der Waals surface area (Å²) in [5.41, 5.74) is 3.92. The average Bonchev–Trinajstić information content (AvgIpc) is 3.18. The van der Waals surface area contributed by atoms with E-state index in [4.69, 9.17) is 0 Å². The number of anilines is 1. The molecule has 4 rings (SSSR count). The van der Waals surface area contributed by atoms with Gasteiger partial charge in [-0.25, -0.2) is 4.98 Å². The van der Waals surface area contributed by atoms with Crippen LogP contribution in [0.3, 0.4) is 0 Å². The molecule has 0 atom stereocenters. The maximum atomic E-state index is 12.6. The maximum absolute atomic E-state index is 12.6. The Morgan fingerprint density at radius 2 is 2.00 bits per heavy atom. The zero-order valence-corrected chi connectivity index (χ0v) is 15.2. The number of amides is 1. The Kier molecular flexibility index (Phi) is 4.32. The SMILES string of the molecule is Cc1cc(C)n(Cc2ccc(C(=O)Nc3cnc4n3CCCC4)cc2)n1. The van der Waals surface area contributed by atoms with Gasteiger partial charge >= 0.3 is 0 Å². The van der Waals surface area contributed by atoms with E-state index in [1.807, 2.05) is 42.8 Å². The van der Waals surface area contributed by atoms with Crippen molar-refractivity contribution in [2.75, 3.05) is 5.32 Å². The van der Waals surface area contributed by atoms with E-state index < -0.39 is 0 Å². The first-order chi connectivity index (χ1) is 12.6. The molecule has 0 fully saturated rings. The molecule has 1 amide bonds. The third-order valence-electron chi connectivity index (χ3n) is 4.86. The highest BCUT2D eigenvalue weighted by atomic mass is 16.1. The maximum Gasteiger partial charge on any atom is 0.256 e. The minimum atomic E-state index is -0.101. The topological polar surface area (TPSA) is 64.7 Å². The molecule has 1 aromatic carbocycles. The standard InChI is InChI=1S/C20H23N5O/c1-14-11-15(2)25(23-14)13-16-6-8-17(9-7-16)20(26)22-19-12-21-18-5-3-4-10-24(18)19/h6-9,11-12H,3-5,10,13H2,1-2H3,(H,22,26). The molecule has 3 aromatic rings. The Bertz CT molecular complexity index is 936. The summed E-state index contributed by atoms with van der Waals surface area (Å²) in [4.78, 5) is 17.0. The van der Waals surface area contributed by atoms with Gasteiger partial charge < -0.3 is 9.88 Å². The number of fused-ring (bicyclic) bond motifs is 1. The predicted molar refractivity (Wildman–Crippen MR) is 100 cm³/mol. The molecule has 6 nitrogen and oxygen atoms in total. The predicted octanol–water partition coefficient (Wildman–Crippen LogP) is 3.33. The highest BCUT2D eigenvalue weighted by Gasteiger charge is 2.16. The molecule has 26 heavy (non-hydrogen) atoms. The van der Waals surface area contributed by atoms with Crippen LogP contribution in [-0.2, 0) is 19.5 Å². The Morgan fingerprint density at radius 1 is 1.19 bits per heavy atom. The van der Waals surface area contributed by atoms with Crippen LogP contribution >= 0.6 is 0 Å². The number of carbonyl (C=O) groups excluding carboxylic acids is 1. The summed E-state index contributed by atoms with van der Waals surface area (Å²) in [6.07, 6.45) is 5.04. The number of benzene rings is 1. The van der Waals surface area contributed by atoms with Gasteiger partial charge in [0, 0.05) is 24.2 Å². The molecule has 0 saturated heterocycles. The summed E-state index contributed by atoms with van der Waals surface area (Å²) in [6.45, 7) is 5.67. The fraction of sp³-hybridized carbons (Fsp3) is 0.350. The van der Waals surface area contributed by atoms with Crippen molar-refractivity contribution < 1.29 is 4.79 Å². The number of hydrogen-bond donors (Lipinski definition) is 1. The van der Waals surface area contributed by atoms with Crippen LogP contribution in [-0.4, -0.2) is 25.2 Å². The van der Waals surface area contributed by atoms with Crippen molar-refractivity contribution in [3.05, 3.63) is 64.9 Å². The van der Waals surface area contributed by atoms with Crippen molar-refractivity contribution in [2.45, 2.75) is 46.2 Å². The van der Waals surface area contributed by atoms with E-state index in [0.29, 0.717) is 12.1 Å². The second-order valence-electron chi connectivity index (χ2n) is 6.90. The monoisotopic (exact) mass is 349 g/mol. The molecular formula is C20H23N5O. The third kappa shape index (κ3) is 3.27. The van der Waals surface area contributed by atoms with E-state index in [-0.39, 0.29) is 5.91 Å². The molecule has 6 heteroatoms. The van der Waals surface area contributed by atoms with Gasteiger partial charge in [-0.2, -0.15) is 5.10 Å². The van der Waals surface area contributed by atoms with Crippen LogP contribution < -0.4 is 5.32 Å². The van der Waals surface area contributed by atoms with Gasteiger partial charge in [0.25, 0.3) is 5.91 Å². The quantitative estimate of drug-likeness (QED) is 0.786. The number of hydrogen-bond acceptors (Lipinski definition) is 3. The lowest BCUT2D eigenvalue weighted by Gasteiger charge is -2.16. The first-order valence-corrected chi connectivity index (χ1v) is 9.06. The minimum absolute atomic E-state index is 0.101. The molecule has 1 aliphatic heterocycles. The van der Waals surface area contributed by atoms with Crippen molar-refractivity contribution >= 4 is 11.7 Å². The normalized spacial score (nSPS) is 13.5. The van der Waals surface area contributed by atoms with Gasteiger partial charge in [0.2, 0.25) is 0 Å². The third-order valence-corrected chi connectivity index (χ3v) is 4.86.